The van der Waals surface area contributed by atoms with Crippen LogP contribution in [0.15, 0.2) is 48.6 Å². The zero-order chi connectivity index (χ0) is 16.8. The van der Waals surface area contributed by atoms with Crippen LogP contribution in [0, 0.1) is 0 Å². The number of hydrogen-bond acceptors (Lipinski definition) is 8. The summed E-state index contributed by atoms with van der Waals surface area (Å²) in [6.07, 6.45) is 8.95. The van der Waals surface area contributed by atoms with Crippen molar-refractivity contribution in [2.24, 2.45) is 0 Å². The third-order valence-electron chi connectivity index (χ3n) is 1.59. The van der Waals surface area contributed by atoms with Gasteiger partial charge in [0.2, 0.25) is 0 Å². The number of carbonyl (C=O) groups excluding carboxylic acids is 4. The molecule has 8 nitrogen and oxygen atoms in total. The van der Waals surface area contributed by atoms with Crippen LogP contribution in [0.4, 0.5) is 0 Å². The fourth-order valence-corrected chi connectivity index (χ4v) is 0.816. The molecular weight excluding hydrogens is 296 g/mol. The Morgan fingerprint density at radius 1 is 0.545 bits per heavy atom. The van der Waals surface area contributed by atoms with E-state index >= 15 is 0 Å². The summed E-state index contributed by atoms with van der Waals surface area (Å²) in [7, 11) is 0. The molecule has 0 atom stereocenters. The van der Waals surface area contributed by atoms with Crippen molar-refractivity contribution in [1.29, 1.82) is 0 Å². The molecule has 0 spiro atoms. The molecule has 0 saturated heterocycles. The van der Waals surface area contributed by atoms with E-state index in [1.165, 1.54) is 12.2 Å². The maximum Gasteiger partial charge on any atom is 0.379 e. The van der Waals surface area contributed by atoms with Crippen LogP contribution in [0.1, 0.15) is 13.8 Å². The molecule has 0 heterocycles. The average Bonchev–Trinajstić information content (AvgIpc) is 2.48. The molecule has 0 radical (unpaired) electrons. The van der Waals surface area contributed by atoms with Crippen LogP contribution < -0.4 is 0 Å². The van der Waals surface area contributed by atoms with Crippen LogP contribution in [0.2, 0.25) is 0 Å². The van der Waals surface area contributed by atoms with E-state index in [2.05, 4.69) is 19.6 Å². The fourth-order valence-electron chi connectivity index (χ4n) is 0.816. The Morgan fingerprint density at radius 3 is 1.09 bits per heavy atom. The predicted molar refractivity (Wildman–Crippen MR) is 72.3 cm³/mol. The molecule has 0 unspecified atom stereocenters. The summed E-state index contributed by atoms with van der Waals surface area (Å²) in [6, 6.07) is 0. The first kappa shape index (κ1) is 18.8. The first-order valence-corrected chi connectivity index (χ1v) is 5.94. The smallest absolute Gasteiger partial charge is 0.242 e. The zero-order valence-electron chi connectivity index (χ0n) is 11.9. The Hall–Kier alpha value is -3.16. The van der Waals surface area contributed by atoms with Gasteiger partial charge in [-0.3, -0.25) is 0 Å². The molecule has 0 fully saturated rings. The van der Waals surface area contributed by atoms with E-state index in [-0.39, 0.29) is 0 Å². The van der Waals surface area contributed by atoms with Crippen molar-refractivity contribution in [1.82, 2.24) is 0 Å². The van der Waals surface area contributed by atoms with Gasteiger partial charge in [0, 0.05) is 24.3 Å². The second kappa shape index (κ2) is 11.6. The van der Waals surface area contributed by atoms with Crippen molar-refractivity contribution >= 4 is 23.9 Å². The molecule has 8 heteroatoms. The minimum atomic E-state index is -0.963. The first-order valence-electron chi connectivity index (χ1n) is 5.94. The normalized spacial score (nSPS) is 11.2. The molecule has 22 heavy (non-hydrogen) atoms. The molecule has 0 saturated carbocycles. The van der Waals surface area contributed by atoms with Crippen LogP contribution in [0.5, 0.6) is 0 Å². The molecule has 0 N–H and O–H groups in total. The Kier molecular flexibility index (Phi) is 9.98. The molecule has 0 amide bonds. The van der Waals surface area contributed by atoms with Crippen molar-refractivity contribution in [2.75, 3.05) is 0 Å². The Morgan fingerprint density at radius 2 is 0.818 bits per heavy atom. The SMILES string of the molecule is C/C=C/C(=O)OOC(=O)/C=C/C=C/C(=O)OOC(=O)/C=C/C. The lowest BCUT2D eigenvalue weighted by molar-refractivity contribution is -0.250. The van der Waals surface area contributed by atoms with Crippen molar-refractivity contribution in [2.45, 2.75) is 13.8 Å². The summed E-state index contributed by atoms with van der Waals surface area (Å²) < 4.78 is 0. The largest absolute Gasteiger partial charge is 0.379 e. The molecule has 0 rings (SSSR count). The Bertz CT molecular complexity index is 477. The molecule has 0 aromatic carbocycles. The lowest BCUT2D eigenvalue weighted by atomic mass is 10.4. The van der Waals surface area contributed by atoms with E-state index in [9.17, 15) is 19.2 Å². The number of rotatable bonds is 5. The highest BCUT2D eigenvalue weighted by Crippen LogP contribution is 1.90. The summed E-state index contributed by atoms with van der Waals surface area (Å²) in [6.45, 7) is 3.17. The van der Waals surface area contributed by atoms with E-state index in [4.69, 9.17) is 0 Å². The van der Waals surface area contributed by atoms with Gasteiger partial charge in [-0.05, 0) is 13.8 Å². The molecular formula is C14H14O8. The van der Waals surface area contributed by atoms with Crippen LogP contribution >= 0.6 is 0 Å². The van der Waals surface area contributed by atoms with Gasteiger partial charge in [-0.1, -0.05) is 24.3 Å². The Labute approximate surface area is 126 Å². The number of carbonyl (C=O) groups is 4. The summed E-state index contributed by atoms with van der Waals surface area (Å²) in [5.41, 5.74) is 0. The van der Waals surface area contributed by atoms with Gasteiger partial charge in [0.15, 0.2) is 0 Å². The lowest BCUT2D eigenvalue weighted by Crippen LogP contribution is -2.07. The third kappa shape index (κ3) is 10.7. The molecule has 0 aliphatic heterocycles. The van der Waals surface area contributed by atoms with E-state index < -0.39 is 23.9 Å². The van der Waals surface area contributed by atoms with Crippen molar-refractivity contribution in [3.05, 3.63) is 48.6 Å². The van der Waals surface area contributed by atoms with E-state index in [1.54, 1.807) is 13.8 Å². The third-order valence-corrected chi connectivity index (χ3v) is 1.59. The summed E-state index contributed by atoms with van der Waals surface area (Å²) in [5, 5.41) is 0. The zero-order valence-corrected chi connectivity index (χ0v) is 11.9. The van der Waals surface area contributed by atoms with Crippen LogP contribution in [-0.2, 0) is 38.7 Å². The van der Waals surface area contributed by atoms with Crippen LogP contribution in [-0.4, -0.2) is 23.9 Å². The summed E-state index contributed by atoms with van der Waals surface area (Å²) in [4.78, 5) is 60.1. The van der Waals surface area contributed by atoms with Gasteiger partial charge in [-0.2, -0.15) is 0 Å². The highest BCUT2D eigenvalue weighted by Gasteiger charge is 2.03. The van der Waals surface area contributed by atoms with Gasteiger partial charge in [0.05, 0.1) is 0 Å². The summed E-state index contributed by atoms with van der Waals surface area (Å²) in [5.74, 6) is -3.61. The van der Waals surface area contributed by atoms with E-state index in [0.717, 1.165) is 36.5 Å². The standard InChI is InChI=1S/C14H14O8/c1-3-7-11(15)19-21-13(17)9-5-6-10-14(18)22-20-12(16)8-4-2/h3-10H,1-2H3/b7-3+,8-4+,9-5+,10-6+. The van der Waals surface area contributed by atoms with Gasteiger partial charge in [-0.25, -0.2) is 38.7 Å². The van der Waals surface area contributed by atoms with E-state index in [1.807, 2.05) is 0 Å². The highest BCUT2D eigenvalue weighted by atomic mass is 17.2. The van der Waals surface area contributed by atoms with Gasteiger partial charge >= 0.3 is 23.9 Å². The Balaban J connectivity index is 4.04. The van der Waals surface area contributed by atoms with Crippen LogP contribution in [0.25, 0.3) is 0 Å². The maximum atomic E-state index is 11.0. The molecule has 0 bridgehead atoms. The maximum absolute atomic E-state index is 11.0. The minimum Gasteiger partial charge on any atom is -0.242 e. The number of allylic oxidation sites excluding steroid dienone is 4. The van der Waals surface area contributed by atoms with E-state index in [0.29, 0.717) is 0 Å². The topological polar surface area (TPSA) is 105 Å². The molecule has 0 aromatic rings. The molecule has 0 aromatic heterocycles. The monoisotopic (exact) mass is 310 g/mol. The second-order valence-electron chi connectivity index (χ2n) is 3.33. The second-order valence-corrected chi connectivity index (χ2v) is 3.33. The molecule has 0 aliphatic carbocycles. The highest BCUT2D eigenvalue weighted by molar-refractivity contribution is 5.86. The summed E-state index contributed by atoms with van der Waals surface area (Å²) >= 11 is 0. The van der Waals surface area contributed by atoms with Gasteiger partial charge in [0.25, 0.3) is 0 Å². The average molecular weight is 310 g/mol. The predicted octanol–water partition coefficient (Wildman–Crippen LogP) is 1.25. The molecule has 0 aliphatic rings. The first-order chi connectivity index (χ1) is 10.5. The van der Waals surface area contributed by atoms with Crippen molar-refractivity contribution in [3.8, 4) is 0 Å². The van der Waals surface area contributed by atoms with Crippen LogP contribution in [0.3, 0.4) is 0 Å². The molecule has 118 valence electrons. The lowest BCUT2D eigenvalue weighted by Gasteiger charge is -1.96. The number of hydrogen-bond donors (Lipinski definition) is 0. The van der Waals surface area contributed by atoms with Gasteiger partial charge in [0.1, 0.15) is 0 Å². The van der Waals surface area contributed by atoms with Crippen molar-refractivity contribution < 1.29 is 38.7 Å². The van der Waals surface area contributed by atoms with Crippen molar-refractivity contribution in [3.63, 3.8) is 0 Å². The minimum absolute atomic E-state index is 0.841. The van der Waals surface area contributed by atoms with Gasteiger partial charge in [-0.15, -0.1) is 0 Å². The van der Waals surface area contributed by atoms with Gasteiger partial charge < -0.3 is 0 Å². The fraction of sp³-hybridized carbons (Fsp3) is 0.143. The quantitative estimate of drug-likeness (QED) is 0.323.